The normalized spacial score (nSPS) is 34.2. The third-order valence-corrected chi connectivity index (χ3v) is 7.27. The molecular formula is C23H19ClN2O3. The average Bonchev–Trinajstić information content (AvgIpc) is 3.36. The molecule has 2 heterocycles. The van der Waals surface area contributed by atoms with E-state index < -0.39 is 0 Å². The Kier molecular flexibility index (Phi) is 3.52. The number of aryl methyl sites for hydroxylation is 1. The number of hydrazone groups is 1. The third kappa shape index (κ3) is 2.43. The number of amides is 2. The Balaban J connectivity index is 1.26. The summed E-state index contributed by atoms with van der Waals surface area (Å²) in [5, 5.41) is 5.93. The van der Waals surface area contributed by atoms with Gasteiger partial charge in [0.15, 0.2) is 0 Å². The summed E-state index contributed by atoms with van der Waals surface area (Å²) in [6.45, 7) is 1.98. The lowest BCUT2D eigenvalue weighted by atomic mass is 9.63. The van der Waals surface area contributed by atoms with E-state index in [-0.39, 0.29) is 35.5 Å². The zero-order valence-corrected chi connectivity index (χ0v) is 16.5. The zero-order valence-electron chi connectivity index (χ0n) is 15.8. The van der Waals surface area contributed by atoms with Crippen LogP contribution in [0.3, 0.4) is 0 Å². The van der Waals surface area contributed by atoms with E-state index in [0.29, 0.717) is 28.4 Å². The molecule has 146 valence electrons. The van der Waals surface area contributed by atoms with Gasteiger partial charge in [-0.15, -0.1) is 0 Å². The minimum atomic E-state index is -0.236. The number of imide groups is 1. The van der Waals surface area contributed by atoms with Crippen molar-refractivity contribution in [1.82, 2.24) is 5.01 Å². The van der Waals surface area contributed by atoms with Crippen LogP contribution >= 0.6 is 11.6 Å². The number of rotatable bonds is 3. The Morgan fingerprint density at radius 2 is 1.76 bits per heavy atom. The fourth-order valence-corrected chi connectivity index (χ4v) is 5.77. The summed E-state index contributed by atoms with van der Waals surface area (Å²) >= 11 is 6.10. The molecule has 2 aromatic rings. The van der Waals surface area contributed by atoms with E-state index in [0.717, 1.165) is 22.6 Å². The first-order chi connectivity index (χ1) is 14.0. The van der Waals surface area contributed by atoms with E-state index >= 15 is 0 Å². The topological polar surface area (TPSA) is 62.9 Å². The van der Waals surface area contributed by atoms with Crippen molar-refractivity contribution in [3.05, 3.63) is 58.8 Å². The maximum Gasteiger partial charge on any atom is 0.254 e. The van der Waals surface area contributed by atoms with Crippen molar-refractivity contribution in [2.24, 2.45) is 40.6 Å². The van der Waals surface area contributed by atoms with Crippen molar-refractivity contribution < 1.29 is 14.0 Å². The van der Waals surface area contributed by atoms with Crippen LogP contribution in [0.15, 0.2) is 52.0 Å². The van der Waals surface area contributed by atoms with Crippen molar-refractivity contribution in [3.8, 4) is 11.3 Å². The minimum Gasteiger partial charge on any atom is -0.455 e. The highest BCUT2D eigenvalue weighted by Crippen LogP contribution is 2.65. The van der Waals surface area contributed by atoms with Crippen LogP contribution in [-0.4, -0.2) is 23.0 Å². The molecule has 0 radical (unpaired) electrons. The van der Waals surface area contributed by atoms with Crippen LogP contribution in [0.25, 0.3) is 11.3 Å². The van der Waals surface area contributed by atoms with Crippen LogP contribution in [0.5, 0.6) is 0 Å². The first kappa shape index (κ1) is 17.2. The average molecular weight is 407 g/mol. The van der Waals surface area contributed by atoms with Gasteiger partial charge in [-0.25, -0.2) is 0 Å². The quantitative estimate of drug-likeness (QED) is 0.434. The highest BCUT2D eigenvalue weighted by Gasteiger charge is 2.67. The van der Waals surface area contributed by atoms with Crippen molar-refractivity contribution >= 4 is 29.6 Å². The molecule has 2 amide bonds. The number of nitrogens with zero attached hydrogens (tertiary/aromatic N) is 2. The van der Waals surface area contributed by atoms with Gasteiger partial charge >= 0.3 is 0 Å². The Hall–Kier alpha value is -2.66. The Morgan fingerprint density at radius 1 is 1.07 bits per heavy atom. The van der Waals surface area contributed by atoms with Crippen LogP contribution in [-0.2, 0) is 9.59 Å². The molecule has 1 aromatic heterocycles. The molecule has 3 fully saturated rings. The molecule has 6 heteroatoms. The van der Waals surface area contributed by atoms with Gasteiger partial charge < -0.3 is 4.42 Å². The molecule has 5 aliphatic rings. The monoisotopic (exact) mass is 406 g/mol. The van der Waals surface area contributed by atoms with Crippen molar-refractivity contribution in [1.29, 1.82) is 0 Å². The van der Waals surface area contributed by atoms with Crippen LogP contribution < -0.4 is 0 Å². The van der Waals surface area contributed by atoms with Crippen molar-refractivity contribution in [3.63, 3.8) is 0 Å². The lowest BCUT2D eigenvalue weighted by Gasteiger charge is -2.37. The second kappa shape index (κ2) is 5.92. The number of hydrogen-bond donors (Lipinski definition) is 0. The molecule has 2 bridgehead atoms. The van der Waals surface area contributed by atoms with E-state index in [1.54, 1.807) is 6.07 Å². The number of carbonyl (C=O) groups is 2. The Labute approximate surface area is 173 Å². The third-order valence-electron chi connectivity index (χ3n) is 7.03. The summed E-state index contributed by atoms with van der Waals surface area (Å²) in [5.41, 5.74) is 1.95. The second-order valence-electron chi connectivity index (χ2n) is 8.55. The lowest BCUT2D eigenvalue weighted by Crippen LogP contribution is -2.40. The molecule has 6 atom stereocenters. The van der Waals surface area contributed by atoms with E-state index in [1.165, 1.54) is 6.21 Å². The second-order valence-corrected chi connectivity index (χ2v) is 8.99. The highest BCUT2D eigenvalue weighted by molar-refractivity contribution is 6.30. The van der Waals surface area contributed by atoms with E-state index in [1.807, 2.05) is 31.2 Å². The van der Waals surface area contributed by atoms with Gasteiger partial charge in [-0.1, -0.05) is 29.8 Å². The molecule has 1 saturated heterocycles. The standard InChI is InChI=1S/C23H19ClN2O3/c1-11-2-3-12(24)8-16(11)19-7-4-13(29-19)10-25-26-22(27)20-14-5-6-15(18-9-17(14)18)21(20)23(26)28/h2-8,10,14-15,17-18,20-21H,9H2,1H3/b25-10-/t14-,15-,17-,18+,20+,21+/m0/s1. The molecule has 2 saturated carbocycles. The van der Waals surface area contributed by atoms with Gasteiger partial charge in [0.2, 0.25) is 0 Å². The Morgan fingerprint density at radius 3 is 2.45 bits per heavy atom. The smallest absolute Gasteiger partial charge is 0.254 e. The van der Waals surface area contributed by atoms with Crippen LogP contribution in [0.1, 0.15) is 17.7 Å². The molecular weight excluding hydrogens is 388 g/mol. The van der Waals surface area contributed by atoms with E-state index in [9.17, 15) is 9.59 Å². The number of furan rings is 1. The van der Waals surface area contributed by atoms with Gasteiger partial charge in [0.1, 0.15) is 11.5 Å². The van der Waals surface area contributed by atoms with Crippen LogP contribution in [0, 0.1) is 42.4 Å². The minimum absolute atomic E-state index is 0.168. The van der Waals surface area contributed by atoms with Crippen LogP contribution in [0.2, 0.25) is 5.02 Å². The first-order valence-corrected chi connectivity index (χ1v) is 10.4. The fraction of sp³-hybridized carbons (Fsp3) is 0.348. The molecule has 0 N–H and O–H groups in total. The number of hydrogen-bond acceptors (Lipinski definition) is 4. The van der Waals surface area contributed by atoms with Gasteiger partial charge in [0.05, 0.1) is 18.1 Å². The maximum atomic E-state index is 12.9. The van der Waals surface area contributed by atoms with Crippen molar-refractivity contribution in [2.45, 2.75) is 13.3 Å². The molecule has 1 aromatic carbocycles. The van der Waals surface area contributed by atoms with Gasteiger partial charge in [0, 0.05) is 10.6 Å². The summed E-state index contributed by atoms with van der Waals surface area (Å²) in [6, 6.07) is 9.23. The molecule has 7 rings (SSSR count). The summed E-state index contributed by atoms with van der Waals surface area (Å²) in [4.78, 5) is 25.9. The summed E-state index contributed by atoms with van der Waals surface area (Å²) in [7, 11) is 0. The predicted molar refractivity (Wildman–Crippen MR) is 108 cm³/mol. The van der Waals surface area contributed by atoms with E-state index in [4.69, 9.17) is 16.0 Å². The van der Waals surface area contributed by atoms with Crippen molar-refractivity contribution in [2.75, 3.05) is 0 Å². The highest BCUT2D eigenvalue weighted by atomic mass is 35.5. The molecule has 29 heavy (non-hydrogen) atoms. The predicted octanol–water partition coefficient (Wildman–Crippen LogP) is 4.30. The molecule has 5 nitrogen and oxygen atoms in total. The summed E-state index contributed by atoms with van der Waals surface area (Å²) < 4.78 is 5.86. The SMILES string of the molecule is Cc1ccc(Cl)cc1-c1ccc(/C=N\N2C(=O)[C@@H]3[C@H]4C=C[C@@H]([C@@H]5C[C@H]45)[C@H]3C2=O)o1. The molecule has 4 aliphatic carbocycles. The number of benzene rings is 1. The number of allylic oxidation sites excluding steroid dienone is 2. The fourth-order valence-electron chi connectivity index (χ4n) is 5.60. The van der Waals surface area contributed by atoms with Crippen LogP contribution in [0.4, 0.5) is 0 Å². The molecule has 0 spiro atoms. The number of carbonyl (C=O) groups excluding carboxylic acids is 2. The van der Waals surface area contributed by atoms with Gasteiger partial charge in [-0.05, 0) is 66.8 Å². The lowest BCUT2D eigenvalue weighted by molar-refractivity contribution is -0.140. The van der Waals surface area contributed by atoms with Gasteiger partial charge in [0.25, 0.3) is 11.8 Å². The van der Waals surface area contributed by atoms with E-state index in [2.05, 4.69) is 17.3 Å². The maximum absolute atomic E-state index is 12.9. The summed E-state index contributed by atoms with van der Waals surface area (Å²) in [6.07, 6.45) is 6.92. The summed E-state index contributed by atoms with van der Waals surface area (Å²) in [5.74, 6) is 1.91. The zero-order chi connectivity index (χ0) is 19.9. The largest absolute Gasteiger partial charge is 0.455 e. The first-order valence-electron chi connectivity index (χ1n) is 9.99. The molecule has 1 aliphatic heterocycles. The van der Waals surface area contributed by atoms with Gasteiger partial charge in [-0.2, -0.15) is 10.1 Å². The number of halogens is 1. The Bertz CT molecular complexity index is 1080. The van der Waals surface area contributed by atoms with Gasteiger partial charge in [-0.3, -0.25) is 9.59 Å². The molecule has 0 unspecified atom stereocenters.